The van der Waals surface area contributed by atoms with Gasteiger partial charge >= 0.3 is 0 Å². The molecule has 0 aromatic rings. The molecular formula is C14H16N4O. The van der Waals surface area contributed by atoms with Crippen molar-refractivity contribution in [2.24, 2.45) is 11.8 Å². The highest BCUT2D eigenvalue weighted by Crippen LogP contribution is 2.27. The van der Waals surface area contributed by atoms with Crippen LogP contribution in [-0.2, 0) is 4.74 Å². The lowest BCUT2D eigenvalue weighted by Crippen LogP contribution is -2.24. The van der Waals surface area contributed by atoms with Crippen LogP contribution < -0.4 is 11.3 Å². The molecule has 0 unspecified atom stereocenters. The van der Waals surface area contributed by atoms with E-state index in [0.717, 1.165) is 5.57 Å². The minimum absolute atomic E-state index is 0.0319. The number of allylic oxidation sites excluding steroid dienone is 6. The van der Waals surface area contributed by atoms with E-state index in [4.69, 9.17) is 21.1 Å². The molecule has 1 aliphatic rings. The highest BCUT2D eigenvalue weighted by molar-refractivity contribution is 5.56. The Labute approximate surface area is 112 Å². The quantitative estimate of drug-likeness (QED) is 0.456. The molecule has 0 saturated heterocycles. The fraction of sp³-hybridized carbons (Fsp3) is 0.286. The number of nitrogens with zero attached hydrogens (tertiary/aromatic N) is 2. The maximum absolute atomic E-state index is 8.94. The van der Waals surface area contributed by atoms with Crippen molar-refractivity contribution in [1.82, 2.24) is 5.43 Å². The van der Waals surface area contributed by atoms with E-state index in [1.165, 1.54) is 0 Å². The van der Waals surface area contributed by atoms with E-state index < -0.39 is 0 Å². The van der Waals surface area contributed by atoms with Gasteiger partial charge in [0.1, 0.15) is 23.5 Å². The minimum atomic E-state index is 0.0319. The summed E-state index contributed by atoms with van der Waals surface area (Å²) >= 11 is 0. The van der Waals surface area contributed by atoms with Crippen molar-refractivity contribution < 1.29 is 4.74 Å². The van der Waals surface area contributed by atoms with Crippen molar-refractivity contribution >= 4 is 0 Å². The fourth-order valence-corrected chi connectivity index (χ4v) is 1.78. The van der Waals surface area contributed by atoms with Crippen LogP contribution >= 0.6 is 0 Å². The van der Waals surface area contributed by atoms with Crippen LogP contribution in [0.2, 0.25) is 0 Å². The smallest absolute Gasteiger partial charge is 0.146 e. The van der Waals surface area contributed by atoms with E-state index in [0.29, 0.717) is 17.0 Å². The van der Waals surface area contributed by atoms with Gasteiger partial charge in [-0.05, 0) is 17.6 Å². The lowest BCUT2D eigenvalue weighted by molar-refractivity contribution is 0.289. The first kappa shape index (κ1) is 14.6. The van der Waals surface area contributed by atoms with Gasteiger partial charge in [-0.3, -0.25) is 5.84 Å². The molecule has 5 nitrogen and oxygen atoms in total. The third-order valence-corrected chi connectivity index (χ3v) is 2.74. The van der Waals surface area contributed by atoms with Crippen LogP contribution in [0, 0.1) is 28.6 Å². The molecule has 3 N–H and O–H groups in total. The number of nitriles is 2. The lowest BCUT2D eigenvalue weighted by Gasteiger charge is -2.15. The predicted octanol–water partition coefficient (Wildman–Crippen LogP) is 1.80. The van der Waals surface area contributed by atoms with Gasteiger partial charge in [-0.15, -0.1) is 0 Å². The van der Waals surface area contributed by atoms with Crippen LogP contribution in [0.3, 0.4) is 0 Å². The van der Waals surface area contributed by atoms with Crippen molar-refractivity contribution in [3.8, 4) is 12.1 Å². The van der Waals surface area contributed by atoms with Gasteiger partial charge in [0.2, 0.25) is 0 Å². The first-order valence-electron chi connectivity index (χ1n) is 5.78. The number of hydrazine groups is 1. The Morgan fingerprint density at radius 2 is 1.95 bits per heavy atom. The second-order valence-electron chi connectivity index (χ2n) is 4.23. The van der Waals surface area contributed by atoms with Crippen LogP contribution in [-0.4, -0.2) is 7.11 Å². The van der Waals surface area contributed by atoms with Crippen molar-refractivity contribution in [3.05, 3.63) is 46.4 Å². The van der Waals surface area contributed by atoms with E-state index in [-0.39, 0.29) is 11.5 Å². The molecule has 0 amide bonds. The molecule has 0 saturated carbocycles. The van der Waals surface area contributed by atoms with Gasteiger partial charge in [0.15, 0.2) is 0 Å². The third kappa shape index (κ3) is 3.04. The molecule has 0 atom stereocenters. The van der Waals surface area contributed by atoms with Crippen LogP contribution in [0.1, 0.15) is 13.8 Å². The first-order chi connectivity index (χ1) is 9.08. The topological polar surface area (TPSA) is 94.9 Å². The molecule has 1 aliphatic carbocycles. The van der Waals surface area contributed by atoms with Gasteiger partial charge in [-0.1, -0.05) is 26.0 Å². The summed E-state index contributed by atoms with van der Waals surface area (Å²) in [6.07, 6.45) is 5.20. The standard InChI is InChI=1S/C14H16N4O/c1-9(2)12-5-4-10(11(7-15)8-16)6-13(18-17)14(12)19-3/h4-6,9,18H,17H2,1-3H3. The summed E-state index contributed by atoms with van der Waals surface area (Å²) in [5.41, 5.74) is 4.56. The first-order valence-corrected chi connectivity index (χ1v) is 5.78. The highest BCUT2D eigenvalue weighted by atomic mass is 16.5. The predicted molar refractivity (Wildman–Crippen MR) is 71.7 cm³/mol. The van der Waals surface area contributed by atoms with Crippen molar-refractivity contribution in [2.75, 3.05) is 7.11 Å². The summed E-state index contributed by atoms with van der Waals surface area (Å²) < 4.78 is 5.37. The van der Waals surface area contributed by atoms with E-state index in [1.807, 2.05) is 32.1 Å². The number of ether oxygens (including phenoxy) is 1. The second-order valence-corrected chi connectivity index (χ2v) is 4.23. The van der Waals surface area contributed by atoms with Gasteiger partial charge in [-0.25, -0.2) is 0 Å². The Morgan fingerprint density at radius 3 is 2.37 bits per heavy atom. The maximum Gasteiger partial charge on any atom is 0.146 e. The Kier molecular flexibility index (Phi) is 4.93. The summed E-state index contributed by atoms with van der Waals surface area (Å²) in [4.78, 5) is 0. The van der Waals surface area contributed by atoms with E-state index in [9.17, 15) is 0 Å². The van der Waals surface area contributed by atoms with Gasteiger partial charge < -0.3 is 10.2 Å². The molecule has 0 bridgehead atoms. The number of nitrogens with two attached hydrogens (primary N) is 1. The molecule has 0 spiro atoms. The number of nitrogens with one attached hydrogen (secondary N) is 1. The molecule has 0 fully saturated rings. The number of rotatable bonds is 3. The molecule has 0 aliphatic heterocycles. The van der Waals surface area contributed by atoms with E-state index >= 15 is 0 Å². The summed E-state index contributed by atoms with van der Waals surface area (Å²) in [5.74, 6) is 6.33. The molecule has 5 heteroatoms. The monoisotopic (exact) mass is 256 g/mol. The fourth-order valence-electron chi connectivity index (χ4n) is 1.78. The van der Waals surface area contributed by atoms with E-state index in [2.05, 4.69) is 5.43 Å². The summed E-state index contributed by atoms with van der Waals surface area (Å²) in [7, 11) is 1.56. The summed E-state index contributed by atoms with van der Waals surface area (Å²) in [6.45, 7) is 4.05. The largest absolute Gasteiger partial charge is 0.494 e. The van der Waals surface area contributed by atoms with Crippen LogP contribution in [0.25, 0.3) is 0 Å². The molecule has 19 heavy (non-hydrogen) atoms. The van der Waals surface area contributed by atoms with Gasteiger partial charge in [0, 0.05) is 5.57 Å². The Balaban J connectivity index is 3.52. The number of hydrogen-bond acceptors (Lipinski definition) is 5. The average Bonchev–Trinajstić information content (AvgIpc) is 2.59. The average molecular weight is 256 g/mol. The van der Waals surface area contributed by atoms with Gasteiger partial charge in [0.05, 0.1) is 12.8 Å². The van der Waals surface area contributed by atoms with Crippen molar-refractivity contribution in [1.29, 1.82) is 10.5 Å². The lowest BCUT2D eigenvalue weighted by atomic mass is 10.0. The summed E-state index contributed by atoms with van der Waals surface area (Å²) in [6, 6.07) is 3.73. The zero-order valence-corrected chi connectivity index (χ0v) is 11.2. The Morgan fingerprint density at radius 1 is 1.32 bits per heavy atom. The Hall–Kier alpha value is -2.50. The van der Waals surface area contributed by atoms with Crippen molar-refractivity contribution in [3.63, 3.8) is 0 Å². The molecule has 1 rings (SSSR count). The normalized spacial score (nSPS) is 14.5. The molecular weight excluding hydrogens is 240 g/mol. The maximum atomic E-state index is 8.94. The van der Waals surface area contributed by atoms with Crippen LogP contribution in [0.4, 0.5) is 0 Å². The molecule has 0 aromatic carbocycles. The molecule has 0 aromatic heterocycles. The van der Waals surface area contributed by atoms with E-state index in [1.54, 1.807) is 19.3 Å². The molecule has 0 radical (unpaired) electrons. The SMILES string of the molecule is COC1=C(C(C)C)C=CC(=C(C#N)C#N)C=C1NN. The van der Waals surface area contributed by atoms with Crippen LogP contribution in [0.15, 0.2) is 46.4 Å². The van der Waals surface area contributed by atoms with Crippen molar-refractivity contribution in [2.45, 2.75) is 13.8 Å². The minimum Gasteiger partial charge on any atom is -0.494 e. The molecule has 0 heterocycles. The van der Waals surface area contributed by atoms with Crippen LogP contribution in [0.5, 0.6) is 0 Å². The Bertz CT molecular complexity index is 549. The van der Waals surface area contributed by atoms with Gasteiger partial charge in [0.25, 0.3) is 0 Å². The zero-order valence-electron chi connectivity index (χ0n) is 11.2. The number of hydrogen-bond donors (Lipinski definition) is 2. The summed E-state index contributed by atoms with van der Waals surface area (Å²) in [5, 5.41) is 17.9. The van der Waals surface area contributed by atoms with Gasteiger partial charge in [-0.2, -0.15) is 10.5 Å². The third-order valence-electron chi connectivity index (χ3n) is 2.74. The molecule has 98 valence electrons. The number of methoxy groups -OCH3 is 1. The highest BCUT2D eigenvalue weighted by Gasteiger charge is 2.17. The zero-order chi connectivity index (χ0) is 14.4. The second kappa shape index (κ2) is 6.44.